The smallest absolute Gasteiger partial charge is 0.0543 e. The van der Waals surface area contributed by atoms with Gasteiger partial charge in [-0.25, -0.2) is 0 Å². The van der Waals surface area contributed by atoms with E-state index in [4.69, 9.17) is 0 Å². The first kappa shape index (κ1) is 32.1. The molecule has 6 fully saturated rings. The molecule has 57 heavy (non-hydrogen) atoms. The molecule has 6 aromatic rings. The average Bonchev–Trinajstić information content (AvgIpc) is 4.03. The van der Waals surface area contributed by atoms with E-state index in [0.29, 0.717) is 0 Å². The van der Waals surface area contributed by atoms with E-state index >= 15 is 0 Å². The summed E-state index contributed by atoms with van der Waals surface area (Å²) in [5.74, 6) is 4.93. The van der Waals surface area contributed by atoms with Crippen LogP contribution in [0.2, 0.25) is 0 Å². The van der Waals surface area contributed by atoms with E-state index < -0.39 is 0 Å². The fourth-order valence-corrected chi connectivity index (χ4v) is 16.1. The van der Waals surface area contributed by atoms with Gasteiger partial charge in [0, 0.05) is 33.2 Å². The largest absolute Gasteiger partial charge is 0.310 e. The Kier molecular flexibility index (Phi) is 6.08. The number of anilines is 3. The van der Waals surface area contributed by atoms with Gasteiger partial charge in [0.2, 0.25) is 0 Å². The maximum absolute atomic E-state index is 2.72. The highest BCUT2D eigenvalue weighted by Gasteiger charge is 2.62. The minimum atomic E-state index is -0.0734. The Labute approximate surface area is 338 Å². The Balaban J connectivity index is 1.03. The van der Waals surface area contributed by atoms with Crippen molar-refractivity contribution in [2.45, 2.75) is 87.9 Å². The standard InChI is InChI=1S/C56H51N/c1-54(2)46-13-6-3-10-41(46)43-22-20-39(30-50(43)54)57(52-17-9-16-49-53(52)45-12-5-7-14-47(45)55(49)32-33-18-19-36(55)25-33)40-21-23-44-42-11-4-8-15-48(42)56(51(44)31-40)37-26-34-24-35(28-37)29-38(56)27-34/h3-17,20-23,30-31,33-38H,18-19,24-29,32H2,1-2H3/t33?,34-,35?,36-,37-,38-,55-,56+/m0/s1. The first-order chi connectivity index (χ1) is 27.9. The highest BCUT2D eigenvalue weighted by molar-refractivity contribution is 5.97. The van der Waals surface area contributed by atoms with Crippen LogP contribution in [0, 0.1) is 35.5 Å². The van der Waals surface area contributed by atoms with Crippen LogP contribution in [0.4, 0.5) is 17.1 Å². The molecule has 6 bridgehead atoms. The van der Waals surface area contributed by atoms with Crippen molar-refractivity contribution in [3.8, 4) is 33.4 Å². The molecule has 0 aliphatic heterocycles. The predicted octanol–water partition coefficient (Wildman–Crippen LogP) is 14.3. The highest BCUT2D eigenvalue weighted by atomic mass is 15.1. The molecule has 0 aromatic heterocycles. The molecule has 2 spiro atoms. The van der Waals surface area contributed by atoms with Crippen LogP contribution in [0.5, 0.6) is 0 Å². The fraction of sp³-hybridized carbons (Fsp3) is 0.357. The first-order valence-corrected chi connectivity index (χ1v) is 22.5. The normalized spacial score (nSPS) is 31.7. The second kappa shape index (κ2) is 10.8. The zero-order valence-electron chi connectivity index (χ0n) is 33.4. The maximum atomic E-state index is 2.72. The molecule has 0 radical (unpaired) electrons. The van der Waals surface area contributed by atoms with Crippen molar-refractivity contribution in [1.82, 2.24) is 0 Å². The summed E-state index contributed by atoms with van der Waals surface area (Å²) in [6.07, 6.45) is 12.6. The Bertz CT molecular complexity index is 2700. The molecule has 3 atom stereocenters. The predicted molar refractivity (Wildman–Crippen MR) is 234 cm³/mol. The van der Waals surface area contributed by atoms with Crippen LogP contribution < -0.4 is 4.90 Å². The van der Waals surface area contributed by atoms with Crippen molar-refractivity contribution >= 4 is 17.1 Å². The van der Waals surface area contributed by atoms with E-state index in [1.165, 1.54) is 119 Å². The Hall–Kier alpha value is -4.88. The lowest BCUT2D eigenvalue weighted by atomic mass is 9.43. The number of fused-ring (bicyclic) bond motifs is 14. The third-order valence-electron chi connectivity index (χ3n) is 17.9. The number of benzene rings is 6. The second-order valence-corrected chi connectivity index (χ2v) is 20.5. The van der Waals surface area contributed by atoms with Crippen molar-refractivity contribution in [3.63, 3.8) is 0 Å². The van der Waals surface area contributed by atoms with Gasteiger partial charge in [0.05, 0.1) is 5.69 Å². The van der Waals surface area contributed by atoms with Crippen molar-refractivity contribution < 1.29 is 0 Å². The Morgan fingerprint density at radius 1 is 0.439 bits per heavy atom. The molecule has 0 heterocycles. The van der Waals surface area contributed by atoms with Crippen LogP contribution in [0.3, 0.4) is 0 Å². The van der Waals surface area contributed by atoms with E-state index in [-0.39, 0.29) is 16.2 Å². The number of hydrogen-bond acceptors (Lipinski definition) is 1. The van der Waals surface area contributed by atoms with Crippen molar-refractivity contribution in [3.05, 3.63) is 161 Å². The molecule has 9 aliphatic carbocycles. The molecule has 6 aromatic carbocycles. The van der Waals surface area contributed by atoms with Gasteiger partial charge in [-0.15, -0.1) is 0 Å². The molecular formula is C56H51N. The lowest BCUT2D eigenvalue weighted by molar-refractivity contribution is -0.0399. The van der Waals surface area contributed by atoms with Gasteiger partial charge >= 0.3 is 0 Å². The third kappa shape index (κ3) is 3.80. The van der Waals surface area contributed by atoms with Gasteiger partial charge in [-0.05, 0) is 178 Å². The number of nitrogens with zero attached hydrogens (tertiary/aromatic N) is 1. The van der Waals surface area contributed by atoms with Crippen LogP contribution >= 0.6 is 0 Å². The lowest BCUT2D eigenvalue weighted by Gasteiger charge is -2.61. The van der Waals surface area contributed by atoms with E-state index in [1.54, 1.807) is 22.3 Å². The summed E-state index contributed by atoms with van der Waals surface area (Å²) in [7, 11) is 0. The monoisotopic (exact) mass is 737 g/mol. The molecule has 1 heteroatoms. The Morgan fingerprint density at radius 3 is 1.68 bits per heavy atom. The summed E-state index contributed by atoms with van der Waals surface area (Å²) in [5, 5.41) is 0. The zero-order valence-corrected chi connectivity index (χ0v) is 33.4. The number of rotatable bonds is 3. The number of hydrogen-bond donors (Lipinski definition) is 0. The molecule has 1 unspecified atom stereocenters. The summed E-state index contributed by atoms with van der Waals surface area (Å²) in [6.45, 7) is 4.87. The molecule has 280 valence electrons. The Morgan fingerprint density at radius 2 is 1.00 bits per heavy atom. The van der Waals surface area contributed by atoms with Crippen molar-refractivity contribution in [2.75, 3.05) is 4.90 Å². The van der Waals surface area contributed by atoms with Crippen LogP contribution in [-0.4, -0.2) is 0 Å². The van der Waals surface area contributed by atoms with Gasteiger partial charge in [0.15, 0.2) is 0 Å². The summed E-state index contributed by atoms with van der Waals surface area (Å²) in [5.41, 5.74) is 22.2. The second-order valence-electron chi connectivity index (χ2n) is 20.5. The molecule has 9 aliphatic rings. The fourth-order valence-electron chi connectivity index (χ4n) is 16.1. The van der Waals surface area contributed by atoms with Crippen LogP contribution in [0.25, 0.3) is 33.4 Å². The minimum absolute atomic E-state index is 0.0734. The van der Waals surface area contributed by atoms with E-state index in [1.807, 2.05) is 0 Å². The van der Waals surface area contributed by atoms with E-state index in [0.717, 1.165) is 35.5 Å². The van der Waals surface area contributed by atoms with Crippen molar-refractivity contribution in [1.29, 1.82) is 0 Å². The lowest BCUT2D eigenvalue weighted by Crippen LogP contribution is -2.55. The minimum Gasteiger partial charge on any atom is -0.310 e. The van der Waals surface area contributed by atoms with Gasteiger partial charge < -0.3 is 4.90 Å². The quantitative estimate of drug-likeness (QED) is 0.175. The van der Waals surface area contributed by atoms with Crippen LogP contribution in [0.1, 0.15) is 105 Å². The summed E-state index contributed by atoms with van der Waals surface area (Å²) in [4.78, 5) is 2.72. The average molecular weight is 738 g/mol. The van der Waals surface area contributed by atoms with Gasteiger partial charge in [-0.3, -0.25) is 0 Å². The van der Waals surface area contributed by atoms with E-state index in [9.17, 15) is 0 Å². The van der Waals surface area contributed by atoms with Gasteiger partial charge in [-0.1, -0.05) is 117 Å². The van der Waals surface area contributed by atoms with Gasteiger partial charge in [0.25, 0.3) is 0 Å². The summed E-state index contributed by atoms with van der Waals surface area (Å²) in [6, 6.07) is 50.9. The molecule has 1 nitrogen and oxygen atoms in total. The summed E-state index contributed by atoms with van der Waals surface area (Å²) >= 11 is 0. The van der Waals surface area contributed by atoms with Crippen LogP contribution in [-0.2, 0) is 16.2 Å². The molecule has 15 rings (SSSR count). The molecule has 0 N–H and O–H groups in total. The third-order valence-corrected chi connectivity index (χ3v) is 17.9. The molecule has 6 saturated carbocycles. The SMILES string of the molecule is CC1(C)c2ccccc2-c2ccc(N(c3ccc4c(c3)[C@]3(c5ccccc5-4)[C@@H]4CC5C[C@@H](C4)C[C@H]3C5)c3cccc4c3-c3ccccc3[C@@]43CC4CC[C@H]3C4)cc21. The maximum Gasteiger partial charge on any atom is 0.0543 e. The molecular weight excluding hydrogens is 687 g/mol. The topological polar surface area (TPSA) is 3.24 Å². The first-order valence-electron chi connectivity index (χ1n) is 22.5. The summed E-state index contributed by atoms with van der Waals surface area (Å²) < 4.78 is 0. The van der Waals surface area contributed by atoms with Crippen LogP contribution in [0.15, 0.2) is 127 Å². The zero-order chi connectivity index (χ0) is 37.4. The van der Waals surface area contributed by atoms with Gasteiger partial charge in [0.1, 0.15) is 0 Å². The molecule has 0 saturated heterocycles. The highest BCUT2D eigenvalue weighted by Crippen LogP contribution is 2.71. The van der Waals surface area contributed by atoms with Crippen molar-refractivity contribution in [2.24, 2.45) is 35.5 Å². The molecule has 0 amide bonds. The van der Waals surface area contributed by atoms with E-state index in [2.05, 4.69) is 146 Å². The van der Waals surface area contributed by atoms with Gasteiger partial charge in [-0.2, -0.15) is 0 Å².